The number of rotatable bonds is 7. The smallest absolute Gasteiger partial charge is 0.437 e. The fourth-order valence-electron chi connectivity index (χ4n) is 0.852. The van der Waals surface area contributed by atoms with Crippen molar-refractivity contribution in [3.63, 3.8) is 0 Å². The summed E-state index contributed by atoms with van der Waals surface area (Å²) in [4.78, 5) is 20.7. The molecule has 0 heterocycles. The van der Waals surface area contributed by atoms with E-state index in [-0.39, 0.29) is 12.2 Å². The minimum Gasteiger partial charge on any atom is -0.437 e. The molecule has 0 spiro atoms. The average molecular weight is 312 g/mol. The molecule has 20 heavy (non-hydrogen) atoms. The van der Waals surface area contributed by atoms with E-state index in [2.05, 4.69) is 13.8 Å². The fourth-order valence-corrected chi connectivity index (χ4v) is 1.32. The number of ether oxygens (including phenoxy) is 2. The fraction of sp³-hybridized carbons (Fsp3) is 0.917. The van der Waals surface area contributed by atoms with Crippen molar-refractivity contribution >= 4 is 13.8 Å². The van der Waals surface area contributed by atoms with Gasteiger partial charge in [0.1, 0.15) is 0 Å². The van der Waals surface area contributed by atoms with Crippen LogP contribution in [0, 0.1) is 10.8 Å². The van der Waals surface area contributed by atoms with Crippen LogP contribution in [0.4, 0.5) is 0 Å². The molecule has 0 radical (unpaired) electrons. The zero-order valence-corrected chi connectivity index (χ0v) is 13.9. The lowest BCUT2D eigenvalue weighted by atomic mass is 9.98. The summed E-state index contributed by atoms with van der Waals surface area (Å²) < 4.78 is 30.2. The Labute approximate surface area is 120 Å². The van der Waals surface area contributed by atoms with Gasteiger partial charge >= 0.3 is 13.8 Å². The molecular formula is C12H25O7P. The van der Waals surface area contributed by atoms with Gasteiger partial charge in [0.15, 0.2) is 6.79 Å². The van der Waals surface area contributed by atoms with Gasteiger partial charge in [-0.2, -0.15) is 0 Å². The predicted molar refractivity (Wildman–Crippen MR) is 72.7 cm³/mol. The molecule has 1 unspecified atom stereocenters. The molecule has 0 saturated heterocycles. The molecular weight excluding hydrogens is 287 g/mol. The molecule has 7 nitrogen and oxygen atoms in total. The van der Waals surface area contributed by atoms with E-state index >= 15 is 0 Å². The van der Waals surface area contributed by atoms with Crippen molar-refractivity contribution in [1.29, 1.82) is 0 Å². The first kappa shape index (κ1) is 19.5. The number of carbonyl (C=O) groups excluding carboxylic acids is 1. The maximum Gasteiger partial charge on any atom is 0.477 e. The van der Waals surface area contributed by atoms with Crippen molar-refractivity contribution in [3.05, 3.63) is 0 Å². The summed E-state index contributed by atoms with van der Waals surface area (Å²) in [7, 11) is -4.29. The van der Waals surface area contributed by atoms with Crippen LogP contribution < -0.4 is 0 Å². The van der Waals surface area contributed by atoms with Crippen LogP contribution in [-0.2, 0) is 27.9 Å². The first-order valence-corrected chi connectivity index (χ1v) is 7.70. The van der Waals surface area contributed by atoms with Crippen LogP contribution in [0.3, 0.4) is 0 Å². The van der Waals surface area contributed by atoms with Crippen LogP contribution >= 0.6 is 7.82 Å². The Hall–Kier alpha value is -0.460. The molecule has 0 rings (SSSR count). The SMILES string of the molecule is CC(C)(C)COCOP(=O)(O)OCOC(=O)C(C)(C)C. The molecule has 0 aromatic carbocycles. The zero-order valence-electron chi connectivity index (χ0n) is 13.0. The van der Waals surface area contributed by atoms with Crippen LogP contribution in [-0.4, -0.2) is 31.1 Å². The van der Waals surface area contributed by atoms with Gasteiger partial charge in [-0.15, -0.1) is 0 Å². The Morgan fingerprint density at radius 3 is 2.00 bits per heavy atom. The zero-order chi connectivity index (χ0) is 16.0. The second-order valence-electron chi connectivity index (χ2n) is 6.55. The first-order valence-electron chi connectivity index (χ1n) is 6.20. The van der Waals surface area contributed by atoms with Gasteiger partial charge < -0.3 is 14.4 Å². The van der Waals surface area contributed by atoms with Crippen LogP contribution in [0.25, 0.3) is 0 Å². The van der Waals surface area contributed by atoms with Gasteiger partial charge in [-0.25, -0.2) is 9.09 Å². The number of hydrogen-bond acceptors (Lipinski definition) is 6. The van der Waals surface area contributed by atoms with Crippen molar-refractivity contribution in [1.82, 2.24) is 0 Å². The lowest BCUT2D eigenvalue weighted by Crippen LogP contribution is -2.23. The maximum atomic E-state index is 11.4. The number of carbonyl (C=O) groups is 1. The third kappa shape index (κ3) is 10.3. The minimum absolute atomic E-state index is 0.0775. The highest BCUT2D eigenvalue weighted by molar-refractivity contribution is 7.47. The standard InChI is InChI=1S/C12H25O7P/c1-11(2,3)7-16-8-18-20(14,15)19-9-17-10(13)12(4,5)6/h7-9H2,1-6H3,(H,14,15). The Balaban J connectivity index is 3.91. The molecule has 8 heteroatoms. The monoisotopic (exact) mass is 312 g/mol. The van der Waals surface area contributed by atoms with Crippen LogP contribution in [0.1, 0.15) is 41.5 Å². The van der Waals surface area contributed by atoms with E-state index in [1.54, 1.807) is 20.8 Å². The lowest BCUT2D eigenvalue weighted by Gasteiger charge is -2.19. The van der Waals surface area contributed by atoms with E-state index in [0.717, 1.165) is 0 Å². The van der Waals surface area contributed by atoms with E-state index in [0.29, 0.717) is 6.61 Å². The maximum absolute atomic E-state index is 11.4. The largest absolute Gasteiger partial charge is 0.477 e. The van der Waals surface area contributed by atoms with E-state index in [9.17, 15) is 14.3 Å². The Morgan fingerprint density at radius 1 is 1.05 bits per heavy atom. The molecule has 0 bridgehead atoms. The molecule has 0 aliphatic heterocycles. The summed E-state index contributed by atoms with van der Waals surface area (Å²) in [6.45, 7) is 10.2. The Morgan fingerprint density at radius 2 is 1.55 bits per heavy atom. The van der Waals surface area contributed by atoms with Gasteiger partial charge in [-0.3, -0.25) is 9.32 Å². The summed E-state index contributed by atoms with van der Waals surface area (Å²) in [6.07, 6.45) is 0. The van der Waals surface area contributed by atoms with E-state index < -0.39 is 26.0 Å². The van der Waals surface area contributed by atoms with E-state index in [1.165, 1.54) is 0 Å². The highest BCUT2D eigenvalue weighted by Crippen LogP contribution is 2.43. The molecule has 0 saturated carbocycles. The summed E-state index contributed by atoms with van der Waals surface area (Å²) in [5, 5.41) is 0. The molecule has 1 N–H and O–H groups in total. The van der Waals surface area contributed by atoms with Gasteiger partial charge in [-0.05, 0) is 26.2 Å². The molecule has 0 fully saturated rings. The van der Waals surface area contributed by atoms with Crippen LogP contribution in [0.15, 0.2) is 0 Å². The second kappa shape index (κ2) is 7.52. The number of phosphoric acid groups is 1. The third-order valence-corrected chi connectivity index (χ3v) is 2.72. The molecule has 0 aromatic heterocycles. The topological polar surface area (TPSA) is 91.3 Å². The van der Waals surface area contributed by atoms with Gasteiger partial charge in [0.05, 0.1) is 12.0 Å². The van der Waals surface area contributed by atoms with Crippen molar-refractivity contribution in [2.24, 2.45) is 10.8 Å². The number of esters is 1. The lowest BCUT2D eigenvalue weighted by molar-refractivity contribution is -0.160. The van der Waals surface area contributed by atoms with Gasteiger partial charge in [-0.1, -0.05) is 20.8 Å². The van der Waals surface area contributed by atoms with Crippen molar-refractivity contribution in [3.8, 4) is 0 Å². The van der Waals surface area contributed by atoms with Gasteiger partial charge in [0, 0.05) is 0 Å². The quantitative estimate of drug-likeness (QED) is 0.334. The summed E-state index contributed by atoms with van der Waals surface area (Å²) in [5.74, 6) is -0.540. The van der Waals surface area contributed by atoms with Crippen LogP contribution in [0.5, 0.6) is 0 Å². The predicted octanol–water partition coefficient (Wildman–Crippen LogP) is 2.69. The summed E-state index contributed by atoms with van der Waals surface area (Å²) in [5.41, 5.74) is -0.786. The van der Waals surface area contributed by atoms with E-state index in [4.69, 9.17) is 4.74 Å². The van der Waals surface area contributed by atoms with Crippen molar-refractivity contribution < 1.29 is 32.8 Å². The third-order valence-electron chi connectivity index (χ3n) is 1.85. The molecule has 0 aromatic rings. The Kier molecular flexibility index (Phi) is 7.35. The normalized spacial score (nSPS) is 15.8. The average Bonchev–Trinajstić information content (AvgIpc) is 2.21. The second-order valence-corrected chi connectivity index (χ2v) is 8.01. The molecule has 120 valence electrons. The summed E-state index contributed by atoms with van der Waals surface area (Å²) in [6, 6.07) is 0. The molecule has 0 amide bonds. The summed E-state index contributed by atoms with van der Waals surface area (Å²) >= 11 is 0. The van der Waals surface area contributed by atoms with Crippen LogP contribution in [0.2, 0.25) is 0 Å². The number of hydrogen-bond donors (Lipinski definition) is 1. The number of phosphoric ester groups is 1. The molecule has 0 aliphatic rings. The first-order chi connectivity index (χ1) is 8.83. The Bertz CT molecular complexity index is 354. The van der Waals surface area contributed by atoms with Gasteiger partial charge in [0.2, 0.25) is 6.79 Å². The van der Waals surface area contributed by atoms with Crippen molar-refractivity contribution in [2.75, 3.05) is 20.2 Å². The van der Waals surface area contributed by atoms with E-state index in [1.807, 2.05) is 20.8 Å². The van der Waals surface area contributed by atoms with Crippen molar-refractivity contribution in [2.45, 2.75) is 41.5 Å². The molecule has 0 aliphatic carbocycles. The van der Waals surface area contributed by atoms with Gasteiger partial charge in [0.25, 0.3) is 0 Å². The minimum atomic E-state index is -4.29. The highest BCUT2D eigenvalue weighted by atomic mass is 31.2. The molecule has 1 atom stereocenters. The highest BCUT2D eigenvalue weighted by Gasteiger charge is 2.26.